The Hall–Kier alpha value is -10.9. The van der Waals surface area contributed by atoms with Crippen molar-refractivity contribution in [1.82, 2.24) is 74.1 Å². The zero-order chi connectivity index (χ0) is 75.8. The van der Waals surface area contributed by atoms with Gasteiger partial charge in [0, 0.05) is 36.4 Å². The summed E-state index contributed by atoms with van der Waals surface area (Å²) in [6.45, 7) is 1.03. The number of ether oxygens (including phenoxy) is 2. The predicted molar refractivity (Wildman–Crippen MR) is 344 cm³/mol. The molecule has 0 spiro atoms. The number of hydrogen-bond donors (Lipinski definition) is 21. The van der Waals surface area contributed by atoms with Gasteiger partial charge in [-0.25, -0.2) is 4.79 Å². The number of benzene rings is 1. The maximum atomic E-state index is 14.5. The van der Waals surface area contributed by atoms with Gasteiger partial charge in [0.1, 0.15) is 79.4 Å². The lowest BCUT2D eigenvalue weighted by molar-refractivity contribution is -0.157. The summed E-state index contributed by atoms with van der Waals surface area (Å²) in [5.41, 5.74) is 12.4. The third-order valence-corrected chi connectivity index (χ3v) is 15.3. The lowest BCUT2D eigenvalue weighted by atomic mass is 9.98. The molecule has 41 nitrogen and oxygen atoms in total. The van der Waals surface area contributed by atoms with E-state index in [9.17, 15) is 112 Å². The Labute approximate surface area is 575 Å². The minimum atomic E-state index is -2.28. The zero-order valence-corrected chi connectivity index (χ0v) is 55.8. The Morgan fingerprint density at radius 3 is 1.78 bits per heavy atom. The van der Waals surface area contributed by atoms with E-state index in [0.717, 1.165) is 13.8 Å². The molecule has 0 radical (unpaired) electrons. The highest BCUT2D eigenvalue weighted by molar-refractivity contribution is 6.01. The number of carboxylic acids is 3. The number of aliphatic carboxylic acids is 3. The molecule has 41 heteroatoms. The van der Waals surface area contributed by atoms with Crippen molar-refractivity contribution >= 4 is 117 Å². The number of para-hydroxylation sites is 1. The van der Waals surface area contributed by atoms with E-state index in [1.54, 1.807) is 30.5 Å². The van der Waals surface area contributed by atoms with Crippen LogP contribution in [0.25, 0.3) is 10.9 Å². The van der Waals surface area contributed by atoms with Gasteiger partial charge in [0.25, 0.3) is 0 Å². The molecule has 2 aromatic rings. The second-order valence-electron chi connectivity index (χ2n) is 23.2. The Morgan fingerprint density at radius 2 is 1.20 bits per heavy atom. The van der Waals surface area contributed by atoms with Gasteiger partial charge in [-0.1, -0.05) is 45.4 Å². The molecule has 3 rings (SSSR count). The van der Waals surface area contributed by atoms with Crippen LogP contribution < -0.4 is 80.6 Å². The number of fused-ring (bicyclic) bond motifs is 1. The summed E-state index contributed by atoms with van der Waals surface area (Å²) in [7, 11) is 0. The van der Waals surface area contributed by atoms with E-state index in [-0.39, 0.29) is 38.6 Å². The summed E-state index contributed by atoms with van der Waals surface area (Å²) >= 11 is 0. The predicted octanol–water partition coefficient (Wildman–Crippen LogP) is -8.92. The van der Waals surface area contributed by atoms with Crippen molar-refractivity contribution in [1.29, 1.82) is 0 Å². The van der Waals surface area contributed by atoms with Crippen molar-refractivity contribution in [2.75, 3.05) is 39.6 Å². The van der Waals surface area contributed by atoms with Crippen LogP contribution in [-0.4, -0.2) is 249 Å². The van der Waals surface area contributed by atoms with Crippen molar-refractivity contribution in [2.24, 2.45) is 17.4 Å². The number of carbonyl (C=O) groups is 18. The van der Waals surface area contributed by atoms with Crippen LogP contribution in [0.5, 0.6) is 0 Å². The first kappa shape index (κ1) is 84.3. The standard InChI is InChI=1S/C60H88N16O25/c1-6-27(3)48-60(99)101-29(5)49(76-56(95)38(20-47(87)88)73-55(94)36(18-41(62)79)72-54(93)35(68-42(80)7-2)17-30-21-63-32-12-9-8-11-31(30)32)59(98)65-23-43(81)67-33(13-10-16-61)52(91)74-40(25-100-26-78)58(97)66-28(4)50(89)71-37(19-46(85)86)51(90)64-22-44(82)69-39(24-77)57(96)70-34(53(92)75-48)14-15-45(83)84/h8-9,11-12,21,27-29,33-40,48-49,63,77-78H,6-7,10,13-20,22-26,61H2,1-5H3,(H2,62,79)(H,64,90)(H,65,98)(H,66,97)(H,67,81)(H,68,80)(H,69,82)(H,70,96)(H,71,89)(H,72,93)(H,73,94)(H,74,91)(H,75,92)(H,76,95)(H,83,84)(H,85,86)(H,87,88). The number of amides is 14. The first-order valence-electron chi connectivity index (χ1n) is 31.7. The fraction of sp³-hybridized carbons (Fsp3) is 0.567. The van der Waals surface area contributed by atoms with Gasteiger partial charge in [-0.05, 0) is 57.2 Å². The molecule has 1 aliphatic heterocycles. The minimum absolute atomic E-state index is 0.00915. The number of aromatic nitrogens is 1. The highest BCUT2D eigenvalue weighted by Crippen LogP contribution is 2.20. The average molecular weight is 1430 g/mol. The van der Waals surface area contributed by atoms with Gasteiger partial charge in [0.15, 0.2) is 0 Å². The van der Waals surface area contributed by atoms with Crippen LogP contribution >= 0.6 is 0 Å². The summed E-state index contributed by atoms with van der Waals surface area (Å²) in [6, 6.07) is -13.9. The Kier molecular flexibility index (Phi) is 35.1. The monoisotopic (exact) mass is 1430 g/mol. The summed E-state index contributed by atoms with van der Waals surface area (Å²) in [5.74, 6) is -24.7. The number of nitrogens with two attached hydrogens (primary N) is 2. The van der Waals surface area contributed by atoms with Gasteiger partial charge in [-0.3, -0.25) is 81.5 Å². The van der Waals surface area contributed by atoms with E-state index in [1.165, 1.54) is 20.8 Å². The molecule has 13 atom stereocenters. The average Bonchev–Trinajstić information content (AvgIpc) is 1.76. The summed E-state index contributed by atoms with van der Waals surface area (Å²) in [5, 5.41) is 78.1. The van der Waals surface area contributed by atoms with Crippen LogP contribution in [0.1, 0.15) is 98.0 Å². The number of cyclic esters (lactones) is 1. The number of rotatable bonds is 28. The van der Waals surface area contributed by atoms with E-state index < -0.39 is 250 Å². The van der Waals surface area contributed by atoms with Gasteiger partial charge in [0.2, 0.25) is 82.7 Å². The molecule has 0 bridgehead atoms. The molecule has 1 aromatic carbocycles. The smallest absolute Gasteiger partial charge is 0.329 e. The highest BCUT2D eigenvalue weighted by atomic mass is 16.6. The second-order valence-corrected chi connectivity index (χ2v) is 23.2. The molecule has 2 heterocycles. The molecule has 101 heavy (non-hydrogen) atoms. The largest absolute Gasteiger partial charge is 0.481 e. The number of hydrogen-bond acceptors (Lipinski definition) is 23. The van der Waals surface area contributed by atoms with E-state index >= 15 is 0 Å². The molecule has 0 saturated carbocycles. The van der Waals surface area contributed by atoms with Crippen molar-refractivity contribution < 1.29 is 121 Å². The fourth-order valence-electron chi connectivity index (χ4n) is 9.60. The van der Waals surface area contributed by atoms with Crippen molar-refractivity contribution in [3.63, 3.8) is 0 Å². The number of H-pyrrole nitrogens is 1. The molecular weight excluding hydrogens is 1340 g/mol. The second kappa shape index (κ2) is 42.1. The molecule has 0 aliphatic carbocycles. The fourth-order valence-corrected chi connectivity index (χ4v) is 9.60. The summed E-state index contributed by atoms with van der Waals surface area (Å²) in [6.07, 6.45) is -6.03. The van der Waals surface area contributed by atoms with Crippen molar-refractivity contribution in [2.45, 2.75) is 171 Å². The molecule has 14 amide bonds. The molecule has 1 fully saturated rings. The zero-order valence-electron chi connectivity index (χ0n) is 55.8. The van der Waals surface area contributed by atoms with Crippen molar-refractivity contribution in [3.8, 4) is 0 Å². The third kappa shape index (κ3) is 28.4. The van der Waals surface area contributed by atoms with Crippen LogP contribution in [0.3, 0.4) is 0 Å². The van der Waals surface area contributed by atoms with Gasteiger partial charge >= 0.3 is 23.9 Å². The Bertz CT molecular complexity index is 3350. The summed E-state index contributed by atoms with van der Waals surface area (Å²) in [4.78, 5) is 245. The van der Waals surface area contributed by atoms with E-state index in [1.807, 2.05) is 10.6 Å². The van der Waals surface area contributed by atoms with Crippen LogP contribution in [-0.2, 0) is 102 Å². The van der Waals surface area contributed by atoms with E-state index in [2.05, 4.69) is 63.5 Å². The molecule has 1 aliphatic rings. The van der Waals surface area contributed by atoms with Gasteiger partial charge in [0.05, 0.1) is 45.6 Å². The van der Waals surface area contributed by atoms with Gasteiger partial charge in [-0.15, -0.1) is 0 Å². The van der Waals surface area contributed by atoms with Crippen LogP contribution in [0.4, 0.5) is 0 Å². The van der Waals surface area contributed by atoms with Gasteiger partial charge < -0.3 is 121 Å². The molecule has 1 saturated heterocycles. The van der Waals surface area contributed by atoms with Crippen molar-refractivity contribution in [3.05, 3.63) is 36.0 Å². The number of primary amides is 1. The van der Waals surface area contributed by atoms with Crippen LogP contribution in [0.2, 0.25) is 0 Å². The molecule has 1 aromatic heterocycles. The highest BCUT2D eigenvalue weighted by Gasteiger charge is 2.40. The lowest BCUT2D eigenvalue weighted by Gasteiger charge is -2.30. The Morgan fingerprint density at radius 1 is 0.634 bits per heavy atom. The maximum absolute atomic E-state index is 14.5. The van der Waals surface area contributed by atoms with Crippen LogP contribution in [0, 0.1) is 5.92 Å². The number of carbonyl (C=O) groups excluding carboxylic acids is 15. The number of aliphatic hydroxyl groups is 2. The molecular formula is C60H88N16O25. The Balaban J connectivity index is 2.19. The maximum Gasteiger partial charge on any atom is 0.329 e. The normalized spacial score (nSPS) is 22.6. The number of aliphatic hydroxyl groups excluding tert-OH is 2. The van der Waals surface area contributed by atoms with Gasteiger partial charge in [-0.2, -0.15) is 0 Å². The SMILES string of the molecule is CCC(=O)NC(Cc1c[nH]c2ccccc12)C(=O)NC(CC(N)=O)C(=O)NC(CC(=O)O)C(=O)NC1C(=O)NCC(=O)NC(CCCN)C(=O)NC(COCO)C(=O)NC(C)C(=O)NC(CC(=O)O)C(=O)NCC(=O)NC(CO)C(=O)NC(CCC(=O)O)C(=O)NC(C(C)CC)C(=O)OC1C. The number of nitrogens with one attached hydrogen (secondary N) is 14. The van der Waals surface area contributed by atoms with Crippen LogP contribution in [0.15, 0.2) is 30.5 Å². The quantitative estimate of drug-likeness (QED) is 0.0278. The minimum Gasteiger partial charge on any atom is -0.481 e. The number of esters is 1. The third-order valence-electron chi connectivity index (χ3n) is 15.3. The molecule has 23 N–H and O–H groups in total. The molecule has 558 valence electrons. The first-order chi connectivity index (χ1) is 47.7. The topological polar surface area (TPSA) is 651 Å². The summed E-state index contributed by atoms with van der Waals surface area (Å²) < 4.78 is 10.6. The van der Waals surface area contributed by atoms with E-state index in [0.29, 0.717) is 16.5 Å². The first-order valence-corrected chi connectivity index (χ1v) is 31.7. The molecule has 13 unspecified atom stereocenters. The van der Waals surface area contributed by atoms with E-state index in [4.69, 9.17) is 20.9 Å². The number of carboxylic acid groups (broad SMARTS) is 3. The lowest BCUT2D eigenvalue weighted by Crippen LogP contribution is -2.62. The number of aromatic amines is 1.